The maximum Gasteiger partial charge on any atom is 0.319 e. The van der Waals surface area contributed by atoms with Gasteiger partial charge in [-0.25, -0.2) is 8.78 Å². The molecular formula is C12H22F4N2. The highest BCUT2D eigenvalue weighted by Gasteiger charge is 2.45. The summed E-state index contributed by atoms with van der Waals surface area (Å²) in [4.78, 5) is 1.48. The van der Waals surface area contributed by atoms with Crippen LogP contribution >= 0.6 is 0 Å². The molecule has 0 spiro atoms. The van der Waals surface area contributed by atoms with E-state index >= 15 is 0 Å². The number of hydrogen-bond acceptors (Lipinski definition) is 2. The van der Waals surface area contributed by atoms with Crippen molar-refractivity contribution in [3.8, 4) is 0 Å². The summed E-state index contributed by atoms with van der Waals surface area (Å²) in [5.41, 5.74) is -0.231. The van der Waals surface area contributed by atoms with Crippen molar-refractivity contribution in [2.45, 2.75) is 57.5 Å². The second kappa shape index (κ2) is 5.74. The SMILES string of the molecule is CCC1(CC)CN(CC(F)(F)C(F)F)C(C)CN1. The molecule has 6 heteroatoms. The molecular weight excluding hydrogens is 248 g/mol. The Morgan fingerprint density at radius 2 is 1.89 bits per heavy atom. The van der Waals surface area contributed by atoms with Gasteiger partial charge in [0.15, 0.2) is 0 Å². The summed E-state index contributed by atoms with van der Waals surface area (Å²) < 4.78 is 50.8. The second-order valence-electron chi connectivity index (χ2n) is 5.18. The lowest BCUT2D eigenvalue weighted by Crippen LogP contribution is -2.64. The van der Waals surface area contributed by atoms with E-state index in [1.54, 1.807) is 6.92 Å². The summed E-state index contributed by atoms with van der Waals surface area (Å²) in [6, 6.07) is -0.152. The number of halogens is 4. The van der Waals surface area contributed by atoms with E-state index in [2.05, 4.69) is 5.32 Å². The van der Waals surface area contributed by atoms with Crippen LogP contribution in [0.15, 0.2) is 0 Å². The molecule has 0 amide bonds. The molecule has 0 bridgehead atoms. The Morgan fingerprint density at radius 1 is 1.33 bits per heavy atom. The lowest BCUT2D eigenvalue weighted by Gasteiger charge is -2.47. The van der Waals surface area contributed by atoms with Crippen LogP contribution in [-0.2, 0) is 0 Å². The summed E-state index contributed by atoms with van der Waals surface area (Å²) in [6.07, 6.45) is -2.00. The van der Waals surface area contributed by atoms with Crippen molar-refractivity contribution < 1.29 is 17.6 Å². The van der Waals surface area contributed by atoms with Crippen molar-refractivity contribution in [1.29, 1.82) is 0 Å². The minimum Gasteiger partial charge on any atom is -0.308 e. The van der Waals surface area contributed by atoms with Gasteiger partial charge in [-0.1, -0.05) is 13.8 Å². The summed E-state index contributed by atoms with van der Waals surface area (Å²) in [7, 11) is 0. The van der Waals surface area contributed by atoms with Gasteiger partial charge in [0.2, 0.25) is 0 Å². The lowest BCUT2D eigenvalue weighted by molar-refractivity contribution is -0.150. The Kier molecular flexibility index (Phi) is 5.00. The molecule has 108 valence electrons. The van der Waals surface area contributed by atoms with Gasteiger partial charge in [0.05, 0.1) is 6.54 Å². The molecule has 18 heavy (non-hydrogen) atoms. The van der Waals surface area contributed by atoms with Crippen molar-refractivity contribution in [3.63, 3.8) is 0 Å². The van der Waals surface area contributed by atoms with Crippen molar-refractivity contribution in [3.05, 3.63) is 0 Å². The first kappa shape index (κ1) is 15.7. The van der Waals surface area contributed by atoms with E-state index in [9.17, 15) is 17.6 Å². The molecule has 2 nitrogen and oxygen atoms in total. The Labute approximate surface area is 106 Å². The van der Waals surface area contributed by atoms with E-state index in [0.29, 0.717) is 13.1 Å². The topological polar surface area (TPSA) is 15.3 Å². The number of rotatable bonds is 5. The number of nitrogens with one attached hydrogen (secondary N) is 1. The predicted octanol–water partition coefficient (Wildman–Crippen LogP) is 2.74. The van der Waals surface area contributed by atoms with E-state index in [1.807, 2.05) is 13.8 Å². The summed E-state index contributed by atoms with van der Waals surface area (Å²) in [5, 5.41) is 3.35. The standard InChI is InChI=1S/C12H22F4N2/c1-4-11(5-2)7-18(9(3)6-17-11)8-12(15,16)10(13)14/h9-10,17H,4-8H2,1-3H3. The Hall–Kier alpha value is -0.360. The van der Waals surface area contributed by atoms with Crippen molar-refractivity contribution in [2.75, 3.05) is 19.6 Å². The zero-order valence-corrected chi connectivity index (χ0v) is 11.1. The highest BCUT2D eigenvalue weighted by molar-refractivity contribution is 4.96. The fourth-order valence-corrected chi connectivity index (χ4v) is 2.37. The Bertz CT molecular complexity index is 265. The molecule has 0 aromatic heterocycles. The summed E-state index contributed by atoms with van der Waals surface area (Å²) >= 11 is 0. The Balaban J connectivity index is 2.74. The molecule has 0 aromatic carbocycles. The van der Waals surface area contributed by atoms with E-state index in [-0.39, 0.29) is 11.6 Å². The first-order chi connectivity index (χ1) is 8.26. The smallest absolute Gasteiger partial charge is 0.308 e. The zero-order valence-electron chi connectivity index (χ0n) is 11.1. The van der Waals surface area contributed by atoms with Crippen LogP contribution in [0.2, 0.25) is 0 Å². The zero-order chi connectivity index (χ0) is 14.0. The van der Waals surface area contributed by atoms with E-state index in [4.69, 9.17) is 0 Å². The number of piperazine rings is 1. The summed E-state index contributed by atoms with van der Waals surface area (Å²) in [6.45, 7) is 5.83. The molecule has 0 aliphatic carbocycles. The molecule has 0 saturated carbocycles. The van der Waals surface area contributed by atoms with Crippen molar-refractivity contribution in [2.24, 2.45) is 0 Å². The minimum absolute atomic E-state index is 0.152. The quantitative estimate of drug-likeness (QED) is 0.773. The van der Waals surface area contributed by atoms with Gasteiger partial charge in [-0.05, 0) is 19.8 Å². The normalized spacial score (nSPS) is 25.7. The Morgan fingerprint density at radius 3 is 2.33 bits per heavy atom. The van der Waals surface area contributed by atoms with Crippen LogP contribution in [0.3, 0.4) is 0 Å². The molecule has 1 aliphatic heterocycles. The lowest BCUT2D eigenvalue weighted by atomic mass is 9.88. The highest BCUT2D eigenvalue weighted by Crippen LogP contribution is 2.28. The predicted molar refractivity (Wildman–Crippen MR) is 63.3 cm³/mol. The van der Waals surface area contributed by atoms with Crippen LogP contribution in [0.25, 0.3) is 0 Å². The maximum absolute atomic E-state index is 13.2. The molecule has 1 aliphatic rings. The van der Waals surface area contributed by atoms with Crippen LogP contribution in [0.1, 0.15) is 33.6 Å². The molecule has 1 fully saturated rings. The third-order valence-electron chi connectivity index (χ3n) is 3.99. The minimum atomic E-state index is -3.93. The fraction of sp³-hybridized carbons (Fsp3) is 1.00. The summed E-state index contributed by atoms with van der Waals surface area (Å²) in [5.74, 6) is -3.93. The molecule has 1 rings (SSSR count). The fourth-order valence-electron chi connectivity index (χ4n) is 2.37. The number of hydrogen-bond donors (Lipinski definition) is 1. The molecule has 1 atom stereocenters. The average molecular weight is 270 g/mol. The van der Waals surface area contributed by atoms with Crippen LogP contribution < -0.4 is 5.32 Å². The second-order valence-corrected chi connectivity index (χ2v) is 5.18. The largest absolute Gasteiger partial charge is 0.319 e. The van der Waals surface area contributed by atoms with Gasteiger partial charge in [-0.15, -0.1) is 0 Å². The monoisotopic (exact) mass is 270 g/mol. The molecule has 1 N–H and O–H groups in total. The van der Waals surface area contributed by atoms with Crippen molar-refractivity contribution in [1.82, 2.24) is 10.2 Å². The molecule has 0 aromatic rings. The highest BCUT2D eigenvalue weighted by atomic mass is 19.3. The van der Waals surface area contributed by atoms with E-state index in [1.165, 1.54) is 4.90 Å². The molecule has 1 unspecified atom stereocenters. The van der Waals surface area contributed by atoms with Crippen LogP contribution in [0.4, 0.5) is 17.6 Å². The van der Waals surface area contributed by atoms with E-state index < -0.39 is 18.9 Å². The van der Waals surface area contributed by atoms with E-state index in [0.717, 1.165) is 12.8 Å². The van der Waals surface area contributed by atoms with Gasteiger partial charge in [0.1, 0.15) is 0 Å². The molecule has 1 heterocycles. The first-order valence-electron chi connectivity index (χ1n) is 6.41. The first-order valence-corrected chi connectivity index (χ1v) is 6.41. The third-order valence-corrected chi connectivity index (χ3v) is 3.99. The van der Waals surface area contributed by atoms with Gasteiger partial charge in [-0.3, -0.25) is 4.90 Å². The van der Waals surface area contributed by atoms with Crippen molar-refractivity contribution >= 4 is 0 Å². The van der Waals surface area contributed by atoms with Gasteiger partial charge in [0.25, 0.3) is 0 Å². The average Bonchev–Trinajstić information content (AvgIpc) is 2.32. The molecule has 1 saturated heterocycles. The van der Waals surface area contributed by atoms with Crippen LogP contribution in [0, 0.1) is 0 Å². The van der Waals surface area contributed by atoms with Gasteiger partial charge in [-0.2, -0.15) is 8.78 Å². The maximum atomic E-state index is 13.2. The van der Waals surface area contributed by atoms with Gasteiger partial charge in [0, 0.05) is 24.7 Å². The molecule has 0 radical (unpaired) electrons. The van der Waals surface area contributed by atoms with Gasteiger partial charge < -0.3 is 5.32 Å². The van der Waals surface area contributed by atoms with Crippen LogP contribution in [-0.4, -0.2) is 48.5 Å². The third kappa shape index (κ3) is 3.35. The van der Waals surface area contributed by atoms with Gasteiger partial charge >= 0.3 is 12.3 Å². The van der Waals surface area contributed by atoms with Crippen LogP contribution in [0.5, 0.6) is 0 Å². The number of alkyl halides is 4. The number of nitrogens with zero attached hydrogens (tertiary/aromatic N) is 1.